The molecule has 16 heavy (non-hydrogen) atoms. The van der Waals surface area contributed by atoms with Gasteiger partial charge in [-0.3, -0.25) is 4.98 Å². The Morgan fingerprint density at radius 1 is 1.56 bits per heavy atom. The van der Waals surface area contributed by atoms with E-state index in [2.05, 4.69) is 20.9 Å². The summed E-state index contributed by atoms with van der Waals surface area (Å²) in [4.78, 5) is 15.5. The number of carboxylic acids is 1. The Kier molecular flexibility index (Phi) is 2.88. The Balaban J connectivity index is 2.63. The van der Waals surface area contributed by atoms with Crippen LogP contribution < -0.4 is 4.74 Å². The molecule has 0 spiro atoms. The van der Waals surface area contributed by atoms with Crippen molar-refractivity contribution in [1.82, 2.24) is 4.98 Å². The van der Waals surface area contributed by atoms with E-state index < -0.39 is 5.97 Å². The fourth-order valence-corrected chi connectivity index (χ4v) is 2.52. The molecule has 1 saturated carbocycles. The van der Waals surface area contributed by atoms with Gasteiger partial charge in [-0.05, 0) is 35.7 Å². The van der Waals surface area contributed by atoms with Crippen LogP contribution >= 0.6 is 15.9 Å². The molecule has 1 heterocycles. The normalized spacial score (nSPS) is 14.9. The number of aromatic nitrogens is 1. The molecule has 0 aromatic carbocycles. The van der Waals surface area contributed by atoms with Crippen molar-refractivity contribution in [2.24, 2.45) is 0 Å². The van der Waals surface area contributed by atoms with Gasteiger partial charge in [-0.15, -0.1) is 0 Å². The number of rotatable bonds is 3. The van der Waals surface area contributed by atoms with Gasteiger partial charge in [0.15, 0.2) is 5.75 Å². The largest absolute Gasteiger partial charge is 0.495 e. The number of methoxy groups -OCH3 is 1. The van der Waals surface area contributed by atoms with Crippen LogP contribution in [-0.2, 0) is 0 Å². The minimum Gasteiger partial charge on any atom is -0.495 e. The highest BCUT2D eigenvalue weighted by Gasteiger charge is 2.31. The highest BCUT2D eigenvalue weighted by molar-refractivity contribution is 9.10. The molecule has 1 fully saturated rings. The molecule has 5 heteroatoms. The maximum Gasteiger partial charge on any atom is 0.341 e. The second-order valence-corrected chi connectivity index (χ2v) is 4.68. The average Bonchev–Trinajstić information content (AvgIpc) is 3.03. The highest BCUT2D eigenvalue weighted by Crippen LogP contribution is 2.46. The van der Waals surface area contributed by atoms with Crippen molar-refractivity contribution in [3.8, 4) is 5.75 Å². The lowest BCUT2D eigenvalue weighted by Crippen LogP contribution is -2.08. The van der Waals surface area contributed by atoms with Crippen LogP contribution in [0.1, 0.15) is 40.5 Å². The number of aryl methyl sites for hydroxylation is 1. The van der Waals surface area contributed by atoms with Crippen LogP contribution in [-0.4, -0.2) is 23.2 Å². The van der Waals surface area contributed by atoms with E-state index >= 15 is 0 Å². The van der Waals surface area contributed by atoms with Crippen LogP contribution in [0.3, 0.4) is 0 Å². The molecule has 1 aromatic rings. The Hall–Kier alpha value is -1.10. The van der Waals surface area contributed by atoms with Crippen LogP contribution in [0.2, 0.25) is 0 Å². The van der Waals surface area contributed by atoms with Gasteiger partial charge >= 0.3 is 5.97 Å². The Morgan fingerprint density at radius 3 is 2.62 bits per heavy atom. The van der Waals surface area contributed by atoms with Gasteiger partial charge in [0, 0.05) is 5.92 Å². The predicted octanol–water partition coefficient (Wildman–Crippen LogP) is 2.74. The van der Waals surface area contributed by atoms with E-state index in [1.807, 2.05) is 0 Å². The fraction of sp³-hybridized carbons (Fsp3) is 0.455. The van der Waals surface area contributed by atoms with Gasteiger partial charge in [0.2, 0.25) is 0 Å². The van der Waals surface area contributed by atoms with E-state index in [0.717, 1.165) is 18.5 Å². The van der Waals surface area contributed by atoms with Crippen molar-refractivity contribution < 1.29 is 14.6 Å². The predicted molar refractivity (Wildman–Crippen MR) is 62.2 cm³/mol. The molecular weight excluding hydrogens is 274 g/mol. The SMILES string of the molecule is COc1c(Br)c(C2CC2)nc(C)c1C(=O)O. The molecular formula is C11H12BrNO3. The van der Waals surface area contributed by atoms with Crippen LogP contribution in [0.25, 0.3) is 0 Å². The minimum atomic E-state index is -1.01. The fourth-order valence-electron chi connectivity index (χ4n) is 1.75. The molecule has 0 aliphatic heterocycles. The molecule has 86 valence electrons. The summed E-state index contributed by atoms with van der Waals surface area (Å²) in [5.41, 5.74) is 1.56. The number of nitrogens with zero attached hydrogens (tertiary/aromatic N) is 1. The molecule has 0 radical (unpaired) electrons. The topological polar surface area (TPSA) is 59.4 Å². The molecule has 0 saturated heterocycles. The third-order valence-corrected chi connectivity index (χ3v) is 3.45. The summed E-state index contributed by atoms with van der Waals surface area (Å²) >= 11 is 3.38. The molecule has 1 aromatic heterocycles. The Labute approximate surface area is 102 Å². The first-order chi connectivity index (χ1) is 7.56. The van der Waals surface area contributed by atoms with Crippen LogP contribution in [0.15, 0.2) is 4.47 Å². The number of carboxylic acid groups (broad SMARTS) is 1. The van der Waals surface area contributed by atoms with Gasteiger partial charge < -0.3 is 9.84 Å². The third-order valence-electron chi connectivity index (χ3n) is 2.68. The lowest BCUT2D eigenvalue weighted by molar-refractivity contribution is 0.0691. The summed E-state index contributed by atoms with van der Waals surface area (Å²) in [5, 5.41) is 9.11. The van der Waals surface area contributed by atoms with Crippen molar-refractivity contribution in [2.45, 2.75) is 25.7 Å². The van der Waals surface area contributed by atoms with Crippen LogP contribution in [0, 0.1) is 6.92 Å². The van der Waals surface area contributed by atoms with E-state index in [4.69, 9.17) is 9.84 Å². The van der Waals surface area contributed by atoms with Crippen molar-refractivity contribution in [1.29, 1.82) is 0 Å². The third kappa shape index (κ3) is 1.80. The summed E-state index contributed by atoms with van der Waals surface area (Å²) < 4.78 is 5.85. The second-order valence-electron chi connectivity index (χ2n) is 3.88. The van der Waals surface area contributed by atoms with E-state index in [0.29, 0.717) is 21.8 Å². The summed E-state index contributed by atoms with van der Waals surface area (Å²) in [7, 11) is 1.47. The Bertz CT molecular complexity index is 455. The second kappa shape index (κ2) is 4.05. The summed E-state index contributed by atoms with van der Waals surface area (Å²) in [6.07, 6.45) is 2.22. The number of ether oxygens (including phenoxy) is 1. The first-order valence-corrected chi connectivity index (χ1v) is 5.82. The van der Waals surface area contributed by atoms with Crippen molar-refractivity contribution in [3.63, 3.8) is 0 Å². The lowest BCUT2D eigenvalue weighted by atomic mass is 10.1. The smallest absolute Gasteiger partial charge is 0.341 e. The molecule has 1 aliphatic carbocycles. The van der Waals surface area contributed by atoms with Crippen LogP contribution in [0.4, 0.5) is 0 Å². The van der Waals surface area contributed by atoms with Gasteiger partial charge in [0.25, 0.3) is 0 Å². The first kappa shape index (κ1) is 11.4. The van der Waals surface area contributed by atoms with Crippen LogP contribution in [0.5, 0.6) is 5.75 Å². The molecule has 0 atom stereocenters. The quantitative estimate of drug-likeness (QED) is 0.928. The maximum absolute atomic E-state index is 11.1. The van der Waals surface area contributed by atoms with Gasteiger partial charge in [-0.2, -0.15) is 0 Å². The van der Waals surface area contributed by atoms with Crippen molar-refractivity contribution in [3.05, 3.63) is 21.4 Å². The number of carbonyl (C=O) groups is 1. The summed E-state index contributed by atoms with van der Waals surface area (Å²) in [6, 6.07) is 0. The molecule has 0 bridgehead atoms. The van der Waals surface area contributed by atoms with E-state index in [9.17, 15) is 4.79 Å². The van der Waals surface area contributed by atoms with Crippen molar-refractivity contribution >= 4 is 21.9 Å². The number of hydrogen-bond acceptors (Lipinski definition) is 3. The van der Waals surface area contributed by atoms with Gasteiger partial charge in [-0.25, -0.2) is 4.79 Å². The Morgan fingerprint density at radius 2 is 2.19 bits per heavy atom. The lowest BCUT2D eigenvalue weighted by Gasteiger charge is -2.13. The zero-order valence-corrected chi connectivity index (χ0v) is 10.7. The summed E-state index contributed by atoms with van der Waals surface area (Å²) in [6.45, 7) is 1.70. The zero-order valence-electron chi connectivity index (χ0n) is 9.08. The van der Waals surface area contributed by atoms with Gasteiger partial charge in [0.05, 0.1) is 23.0 Å². The average molecular weight is 286 g/mol. The number of halogens is 1. The summed E-state index contributed by atoms with van der Waals surface area (Å²) in [5.74, 6) is -0.184. The van der Waals surface area contributed by atoms with Gasteiger partial charge in [0.1, 0.15) is 5.56 Å². The minimum absolute atomic E-state index is 0.138. The van der Waals surface area contributed by atoms with E-state index in [1.165, 1.54) is 7.11 Å². The van der Waals surface area contributed by atoms with Crippen molar-refractivity contribution in [2.75, 3.05) is 7.11 Å². The highest BCUT2D eigenvalue weighted by atomic mass is 79.9. The van der Waals surface area contributed by atoms with Gasteiger partial charge in [-0.1, -0.05) is 0 Å². The standard InChI is InChI=1S/C11H12BrNO3/c1-5-7(11(14)15)10(16-2)8(12)9(13-5)6-3-4-6/h6H,3-4H2,1-2H3,(H,14,15). The number of pyridine rings is 1. The molecule has 0 amide bonds. The molecule has 4 nitrogen and oxygen atoms in total. The molecule has 0 unspecified atom stereocenters. The molecule has 1 N–H and O–H groups in total. The number of aromatic carboxylic acids is 1. The molecule has 2 rings (SSSR count). The maximum atomic E-state index is 11.1. The monoisotopic (exact) mass is 285 g/mol. The first-order valence-electron chi connectivity index (χ1n) is 5.03. The van der Waals surface area contributed by atoms with E-state index in [1.54, 1.807) is 6.92 Å². The zero-order chi connectivity index (χ0) is 11.9. The van der Waals surface area contributed by atoms with E-state index in [-0.39, 0.29) is 5.56 Å². The molecule has 1 aliphatic rings. The number of hydrogen-bond donors (Lipinski definition) is 1.